The van der Waals surface area contributed by atoms with Crippen LogP contribution in [0.15, 0.2) is 36.9 Å². The molecule has 0 bridgehead atoms. The molecule has 0 heteroatoms. The van der Waals surface area contributed by atoms with E-state index in [9.17, 15) is 0 Å². The Kier molecular flexibility index (Phi) is 3.70. The summed E-state index contributed by atoms with van der Waals surface area (Å²) < 4.78 is 0. The van der Waals surface area contributed by atoms with E-state index in [-0.39, 0.29) is 0 Å². The van der Waals surface area contributed by atoms with Gasteiger partial charge in [0.1, 0.15) is 0 Å². The second-order valence-electron chi connectivity index (χ2n) is 3.87. The SMILES string of the molecule is C=C/C=C\c1ccc(C(C)C)cc1C. The number of hydrogen-bond donors (Lipinski definition) is 0. The summed E-state index contributed by atoms with van der Waals surface area (Å²) in [4.78, 5) is 0. The highest BCUT2D eigenvalue weighted by Gasteiger charge is 2.00. The lowest BCUT2D eigenvalue weighted by Crippen LogP contribution is -1.89. The molecule has 0 aromatic heterocycles. The summed E-state index contributed by atoms with van der Waals surface area (Å²) in [7, 11) is 0. The zero-order valence-corrected chi connectivity index (χ0v) is 9.25. The van der Waals surface area contributed by atoms with Gasteiger partial charge in [0.05, 0.1) is 0 Å². The van der Waals surface area contributed by atoms with Gasteiger partial charge in [-0.25, -0.2) is 0 Å². The van der Waals surface area contributed by atoms with Crippen molar-refractivity contribution in [2.24, 2.45) is 0 Å². The number of benzene rings is 1. The molecule has 0 heterocycles. The van der Waals surface area contributed by atoms with Crippen molar-refractivity contribution in [1.29, 1.82) is 0 Å². The maximum atomic E-state index is 3.66. The quantitative estimate of drug-likeness (QED) is 0.617. The topological polar surface area (TPSA) is 0 Å². The molecule has 0 unspecified atom stereocenters. The van der Waals surface area contributed by atoms with Crippen molar-refractivity contribution in [3.63, 3.8) is 0 Å². The third-order valence-electron chi connectivity index (χ3n) is 2.37. The molecule has 0 spiro atoms. The normalized spacial score (nSPS) is 11.1. The molecule has 0 radical (unpaired) electrons. The fourth-order valence-electron chi connectivity index (χ4n) is 1.42. The lowest BCUT2D eigenvalue weighted by Gasteiger charge is -2.08. The fourth-order valence-corrected chi connectivity index (χ4v) is 1.42. The van der Waals surface area contributed by atoms with E-state index in [1.807, 2.05) is 6.08 Å². The van der Waals surface area contributed by atoms with E-state index in [1.165, 1.54) is 16.7 Å². The standard InChI is InChI=1S/C14H18/c1-5-6-7-13-8-9-14(11(2)3)10-12(13)4/h5-11H,1H2,2-4H3/b7-6-. The predicted octanol–water partition coefficient (Wildman–Crippen LogP) is 4.32. The van der Waals surface area contributed by atoms with E-state index in [0.29, 0.717) is 5.92 Å². The molecule has 14 heavy (non-hydrogen) atoms. The van der Waals surface area contributed by atoms with Crippen LogP contribution in [0.25, 0.3) is 6.08 Å². The molecule has 74 valence electrons. The van der Waals surface area contributed by atoms with E-state index in [1.54, 1.807) is 6.08 Å². The van der Waals surface area contributed by atoms with E-state index in [4.69, 9.17) is 0 Å². The van der Waals surface area contributed by atoms with Gasteiger partial charge in [-0.3, -0.25) is 0 Å². The Labute approximate surface area is 87.0 Å². The van der Waals surface area contributed by atoms with Gasteiger partial charge in [-0.15, -0.1) is 0 Å². The van der Waals surface area contributed by atoms with Gasteiger partial charge in [0.15, 0.2) is 0 Å². The monoisotopic (exact) mass is 186 g/mol. The maximum Gasteiger partial charge on any atom is -0.0219 e. The third kappa shape index (κ3) is 2.59. The van der Waals surface area contributed by atoms with Crippen molar-refractivity contribution >= 4 is 6.08 Å². The minimum absolute atomic E-state index is 0.603. The molecule has 0 nitrogen and oxygen atoms in total. The Balaban J connectivity index is 3.01. The predicted molar refractivity (Wildman–Crippen MR) is 64.5 cm³/mol. The first-order valence-corrected chi connectivity index (χ1v) is 5.04. The van der Waals surface area contributed by atoms with Gasteiger partial charge in [-0.1, -0.05) is 56.9 Å². The van der Waals surface area contributed by atoms with Gasteiger partial charge >= 0.3 is 0 Å². The smallest absolute Gasteiger partial charge is 0.0219 e. The fraction of sp³-hybridized carbons (Fsp3) is 0.286. The Morgan fingerprint density at radius 1 is 1.29 bits per heavy atom. The molecule has 0 aliphatic carbocycles. The van der Waals surface area contributed by atoms with Gasteiger partial charge in [0.25, 0.3) is 0 Å². The minimum Gasteiger partial charge on any atom is -0.0991 e. The Hall–Kier alpha value is -1.30. The van der Waals surface area contributed by atoms with Crippen molar-refractivity contribution in [2.75, 3.05) is 0 Å². The van der Waals surface area contributed by atoms with Crippen LogP contribution in [0.3, 0.4) is 0 Å². The molecule has 0 atom stereocenters. The summed E-state index contributed by atoms with van der Waals surface area (Å²) in [6.45, 7) is 10.2. The molecular weight excluding hydrogens is 168 g/mol. The summed E-state index contributed by atoms with van der Waals surface area (Å²) in [5, 5.41) is 0. The number of rotatable bonds is 3. The highest BCUT2D eigenvalue weighted by molar-refractivity contribution is 5.55. The van der Waals surface area contributed by atoms with Crippen molar-refractivity contribution < 1.29 is 0 Å². The Morgan fingerprint density at radius 2 is 2.00 bits per heavy atom. The number of allylic oxidation sites excluding steroid dienone is 2. The molecule has 0 N–H and O–H groups in total. The summed E-state index contributed by atoms with van der Waals surface area (Å²) in [5.74, 6) is 0.603. The van der Waals surface area contributed by atoms with Crippen LogP contribution >= 0.6 is 0 Å². The first-order valence-electron chi connectivity index (χ1n) is 5.04. The van der Waals surface area contributed by atoms with Crippen LogP contribution in [0.1, 0.15) is 36.5 Å². The molecule has 0 fully saturated rings. The van der Waals surface area contributed by atoms with Crippen LogP contribution in [0.5, 0.6) is 0 Å². The van der Waals surface area contributed by atoms with Crippen LogP contribution in [0.4, 0.5) is 0 Å². The highest BCUT2D eigenvalue weighted by atomic mass is 14.1. The Bertz CT molecular complexity index is 343. The van der Waals surface area contributed by atoms with Crippen molar-refractivity contribution in [2.45, 2.75) is 26.7 Å². The first kappa shape index (κ1) is 10.8. The molecule has 1 rings (SSSR count). The van der Waals surface area contributed by atoms with E-state index in [0.717, 1.165) is 0 Å². The molecule has 0 amide bonds. The van der Waals surface area contributed by atoms with Crippen molar-refractivity contribution in [3.8, 4) is 0 Å². The summed E-state index contributed by atoms with van der Waals surface area (Å²) in [5.41, 5.74) is 4.00. The maximum absolute atomic E-state index is 3.66. The van der Waals surface area contributed by atoms with E-state index >= 15 is 0 Å². The minimum atomic E-state index is 0.603. The van der Waals surface area contributed by atoms with Crippen LogP contribution in [-0.2, 0) is 0 Å². The Morgan fingerprint density at radius 3 is 2.50 bits per heavy atom. The van der Waals surface area contributed by atoms with Gasteiger partial charge in [-0.2, -0.15) is 0 Å². The molecule has 0 aliphatic heterocycles. The summed E-state index contributed by atoms with van der Waals surface area (Å²) in [6.07, 6.45) is 5.86. The average Bonchev–Trinajstić information content (AvgIpc) is 2.15. The van der Waals surface area contributed by atoms with Crippen LogP contribution in [0.2, 0.25) is 0 Å². The van der Waals surface area contributed by atoms with E-state index in [2.05, 4.69) is 51.6 Å². The molecule has 0 aliphatic rings. The lowest BCUT2D eigenvalue weighted by atomic mass is 9.98. The lowest BCUT2D eigenvalue weighted by molar-refractivity contribution is 0.864. The van der Waals surface area contributed by atoms with E-state index < -0.39 is 0 Å². The van der Waals surface area contributed by atoms with Gasteiger partial charge in [0, 0.05) is 0 Å². The van der Waals surface area contributed by atoms with Gasteiger partial charge in [-0.05, 0) is 29.5 Å². The zero-order chi connectivity index (χ0) is 10.6. The number of hydrogen-bond acceptors (Lipinski definition) is 0. The summed E-state index contributed by atoms with van der Waals surface area (Å²) in [6, 6.07) is 6.62. The largest absolute Gasteiger partial charge is 0.0991 e. The number of aryl methyl sites for hydroxylation is 1. The first-order chi connectivity index (χ1) is 6.65. The molecule has 1 aromatic carbocycles. The van der Waals surface area contributed by atoms with Crippen LogP contribution in [0, 0.1) is 6.92 Å². The van der Waals surface area contributed by atoms with Crippen molar-refractivity contribution in [3.05, 3.63) is 53.6 Å². The highest BCUT2D eigenvalue weighted by Crippen LogP contribution is 2.19. The van der Waals surface area contributed by atoms with Gasteiger partial charge in [0.2, 0.25) is 0 Å². The third-order valence-corrected chi connectivity index (χ3v) is 2.37. The van der Waals surface area contributed by atoms with Gasteiger partial charge < -0.3 is 0 Å². The molecule has 1 aromatic rings. The molecule has 0 saturated heterocycles. The molecule has 0 saturated carbocycles. The van der Waals surface area contributed by atoms with Crippen LogP contribution in [-0.4, -0.2) is 0 Å². The second-order valence-corrected chi connectivity index (χ2v) is 3.87. The molecular formula is C14H18. The second kappa shape index (κ2) is 4.80. The zero-order valence-electron chi connectivity index (χ0n) is 9.25. The summed E-state index contributed by atoms with van der Waals surface area (Å²) >= 11 is 0. The van der Waals surface area contributed by atoms with Crippen molar-refractivity contribution in [1.82, 2.24) is 0 Å². The van der Waals surface area contributed by atoms with Crippen LogP contribution < -0.4 is 0 Å². The average molecular weight is 186 g/mol.